The molecule has 0 bridgehead atoms. The van der Waals surface area contributed by atoms with E-state index in [1.54, 1.807) is 0 Å². The standard InChI is InChI=1S/C18H31NO4/c1-18(2,3)9-4-5-15(20)19-10-6-13(7-11-19)16-14(17(21)22)8-12-23-16/h13-14,16H,4-12H2,1-3H3,(H,21,22)/t14?,16-/m0/s1. The van der Waals surface area contributed by atoms with Crippen molar-refractivity contribution in [1.29, 1.82) is 0 Å². The summed E-state index contributed by atoms with van der Waals surface area (Å²) in [6, 6.07) is 0. The molecule has 0 spiro atoms. The largest absolute Gasteiger partial charge is 0.481 e. The fourth-order valence-corrected chi connectivity index (χ4v) is 3.75. The van der Waals surface area contributed by atoms with Gasteiger partial charge in [-0.05, 0) is 43.4 Å². The van der Waals surface area contributed by atoms with Crippen LogP contribution in [0.5, 0.6) is 0 Å². The Bertz CT molecular complexity index is 421. The first-order chi connectivity index (χ1) is 10.8. The van der Waals surface area contributed by atoms with Gasteiger partial charge in [-0.1, -0.05) is 20.8 Å². The van der Waals surface area contributed by atoms with Crippen LogP contribution in [-0.2, 0) is 14.3 Å². The van der Waals surface area contributed by atoms with E-state index in [0.717, 1.165) is 38.8 Å². The van der Waals surface area contributed by atoms with Gasteiger partial charge in [-0.3, -0.25) is 9.59 Å². The molecule has 2 heterocycles. The average Bonchev–Trinajstić information content (AvgIpc) is 2.95. The van der Waals surface area contributed by atoms with Crippen molar-refractivity contribution >= 4 is 11.9 Å². The van der Waals surface area contributed by atoms with Gasteiger partial charge in [0.2, 0.25) is 5.91 Å². The summed E-state index contributed by atoms with van der Waals surface area (Å²) >= 11 is 0. The number of amides is 1. The number of carboxylic acids is 1. The van der Waals surface area contributed by atoms with Crippen molar-refractivity contribution < 1.29 is 19.4 Å². The molecule has 2 aliphatic rings. The van der Waals surface area contributed by atoms with Crippen molar-refractivity contribution in [1.82, 2.24) is 4.90 Å². The molecule has 5 heteroatoms. The number of hydrogen-bond donors (Lipinski definition) is 1. The predicted molar refractivity (Wildman–Crippen MR) is 88.1 cm³/mol. The highest BCUT2D eigenvalue weighted by Crippen LogP contribution is 2.33. The average molecular weight is 325 g/mol. The van der Waals surface area contributed by atoms with Crippen LogP contribution in [-0.4, -0.2) is 47.7 Å². The highest BCUT2D eigenvalue weighted by atomic mass is 16.5. The Morgan fingerprint density at radius 2 is 1.83 bits per heavy atom. The smallest absolute Gasteiger partial charge is 0.309 e. The van der Waals surface area contributed by atoms with E-state index < -0.39 is 5.97 Å². The lowest BCUT2D eigenvalue weighted by molar-refractivity contribution is -0.146. The van der Waals surface area contributed by atoms with Gasteiger partial charge >= 0.3 is 5.97 Å². The van der Waals surface area contributed by atoms with Gasteiger partial charge in [-0.2, -0.15) is 0 Å². The zero-order chi connectivity index (χ0) is 17.0. The molecule has 5 nitrogen and oxygen atoms in total. The maximum atomic E-state index is 12.3. The van der Waals surface area contributed by atoms with Crippen LogP contribution in [0.2, 0.25) is 0 Å². The number of ether oxygens (including phenoxy) is 1. The Morgan fingerprint density at radius 1 is 1.17 bits per heavy atom. The van der Waals surface area contributed by atoms with Crippen LogP contribution >= 0.6 is 0 Å². The number of likely N-dealkylation sites (tertiary alicyclic amines) is 1. The highest BCUT2D eigenvalue weighted by molar-refractivity contribution is 5.76. The molecule has 132 valence electrons. The second-order valence-electron chi connectivity index (χ2n) is 8.20. The van der Waals surface area contributed by atoms with Crippen LogP contribution in [0.25, 0.3) is 0 Å². The Labute approximate surface area is 139 Å². The van der Waals surface area contributed by atoms with Crippen molar-refractivity contribution in [3.63, 3.8) is 0 Å². The lowest BCUT2D eigenvalue weighted by Crippen LogP contribution is -2.43. The molecular weight excluding hydrogens is 294 g/mol. The minimum atomic E-state index is -0.742. The summed E-state index contributed by atoms with van der Waals surface area (Å²) in [7, 11) is 0. The monoisotopic (exact) mass is 325 g/mol. The van der Waals surface area contributed by atoms with Gasteiger partial charge in [0.25, 0.3) is 0 Å². The molecule has 1 amide bonds. The normalized spacial score (nSPS) is 26.5. The zero-order valence-electron chi connectivity index (χ0n) is 14.7. The van der Waals surface area contributed by atoms with Crippen LogP contribution in [0.15, 0.2) is 0 Å². The summed E-state index contributed by atoms with van der Waals surface area (Å²) in [5, 5.41) is 9.27. The lowest BCUT2D eigenvalue weighted by atomic mass is 9.84. The predicted octanol–water partition coefficient (Wildman–Crippen LogP) is 2.93. The second kappa shape index (κ2) is 7.65. The van der Waals surface area contributed by atoms with Crippen LogP contribution in [0.4, 0.5) is 0 Å². The van der Waals surface area contributed by atoms with E-state index >= 15 is 0 Å². The zero-order valence-corrected chi connectivity index (χ0v) is 14.7. The van der Waals surface area contributed by atoms with E-state index in [2.05, 4.69) is 20.8 Å². The molecule has 2 aliphatic heterocycles. The Morgan fingerprint density at radius 3 is 2.39 bits per heavy atom. The van der Waals surface area contributed by atoms with E-state index in [0.29, 0.717) is 19.4 Å². The molecule has 0 aromatic heterocycles. The topological polar surface area (TPSA) is 66.8 Å². The minimum Gasteiger partial charge on any atom is -0.481 e. The number of carbonyl (C=O) groups is 2. The minimum absolute atomic E-state index is 0.161. The van der Waals surface area contributed by atoms with Crippen molar-refractivity contribution in [2.45, 2.75) is 65.4 Å². The number of hydrogen-bond acceptors (Lipinski definition) is 3. The molecule has 0 aromatic rings. The molecule has 1 N–H and O–H groups in total. The molecule has 2 rings (SSSR count). The van der Waals surface area contributed by atoms with Crippen LogP contribution < -0.4 is 0 Å². The maximum absolute atomic E-state index is 12.3. The van der Waals surface area contributed by atoms with Crippen molar-refractivity contribution in [2.24, 2.45) is 17.3 Å². The molecule has 2 fully saturated rings. The first kappa shape index (κ1) is 18.2. The van der Waals surface area contributed by atoms with Gasteiger partial charge in [0.05, 0.1) is 12.0 Å². The summed E-state index contributed by atoms with van der Waals surface area (Å²) in [6.45, 7) is 8.63. The van der Waals surface area contributed by atoms with Crippen LogP contribution in [0.3, 0.4) is 0 Å². The van der Waals surface area contributed by atoms with Gasteiger partial charge in [-0.25, -0.2) is 0 Å². The molecule has 23 heavy (non-hydrogen) atoms. The van der Waals surface area contributed by atoms with E-state index in [1.807, 2.05) is 4.90 Å². The van der Waals surface area contributed by atoms with Crippen LogP contribution in [0, 0.1) is 17.3 Å². The first-order valence-electron chi connectivity index (χ1n) is 8.90. The maximum Gasteiger partial charge on any atom is 0.309 e. The summed E-state index contributed by atoms with van der Waals surface area (Å²) in [4.78, 5) is 25.5. The summed E-state index contributed by atoms with van der Waals surface area (Å²) in [6.07, 6.45) is 4.80. The molecule has 0 aliphatic carbocycles. The molecule has 0 aromatic carbocycles. The molecule has 1 unspecified atom stereocenters. The molecule has 2 atom stereocenters. The summed E-state index contributed by atoms with van der Waals surface area (Å²) in [5.74, 6) is -0.589. The number of aliphatic carboxylic acids is 1. The number of nitrogens with zero attached hydrogens (tertiary/aromatic N) is 1. The molecule has 2 saturated heterocycles. The summed E-state index contributed by atoms with van der Waals surface area (Å²) < 4.78 is 5.68. The quantitative estimate of drug-likeness (QED) is 0.844. The third-order valence-electron chi connectivity index (χ3n) is 5.13. The van der Waals surface area contributed by atoms with Gasteiger partial charge in [0.15, 0.2) is 0 Å². The molecule has 0 radical (unpaired) electrons. The first-order valence-corrected chi connectivity index (χ1v) is 8.90. The third-order valence-corrected chi connectivity index (χ3v) is 5.13. The third kappa shape index (κ3) is 5.20. The number of piperidine rings is 1. The van der Waals surface area contributed by atoms with Crippen molar-refractivity contribution in [3.05, 3.63) is 0 Å². The number of rotatable bonds is 5. The van der Waals surface area contributed by atoms with Gasteiger partial charge in [0.1, 0.15) is 0 Å². The molecular formula is C18H31NO4. The van der Waals surface area contributed by atoms with E-state index in [9.17, 15) is 14.7 Å². The van der Waals surface area contributed by atoms with Crippen LogP contribution in [0.1, 0.15) is 59.3 Å². The lowest BCUT2D eigenvalue weighted by Gasteiger charge is -2.35. The number of carboxylic acid groups (broad SMARTS) is 1. The van der Waals surface area contributed by atoms with E-state index in [4.69, 9.17) is 4.74 Å². The van der Waals surface area contributed by atoms with Crippen molar-refractivity contribution in [3.8, 4) is 0 Å². The Kier molecular flexibility index (Phi) is 6.06. The second-order valence-corrected chi connectivity index (χ2v) is 8.20. The number of carbonyl (C=O) groups excluding carboxylic acids is 1. The Balaban J connectivity index is 1.75. The van der Waals surface area contributed by atoms with Gasteiger partial charge in [-0.15, -0.1) is 0 Å². The highest BCUT2D eigenvalue weighted by Gasteiger charge is 2.40. The fraction of sp³-hybridized carbons (Fsp3) is 0.889. The molecule has 0 saturated carbocycles. The SMILES string of the molecule is CC(C)(C)CCCC(=O)N1CCC([C@@H]2OCCC2C(=O)O)CC1. The van der Waals surface area contributed by atoms with Gasteiger partial charge in [0, 0.05) is 26.1 Å². The summed E-state index contributed by atoms with van der Waals surface area (Å²) in [5.41, 5.74) is 0.277. The van der Waals surface area contributed by atoms with E-state index in [-0.39, 0.29) is 29.3 Å². The van der Waals surface area contributed by atoms with Gasteiger partial charge < -0.3 is 14.7 Å². The van der Waals surface area contributed by atoms with E-state index in [1.165, 1.54) is 0 Å². The van der Waals surface area contributed by atoms with Crippen molar-refractivity contribution in [2.75, 3.05) is 19.7 Å². The fourth-order valence-electron chi connectivity index (χ4n) is 3.75. The Hall–Kier alpha value is -1.10.